The normalized spacial score (nSPS) is 11.8. The fourth-order valence-corrected chi connectivity index (χ4v) is 1.45. The summed E-state index contributed by atoms with van der Waals surface area (Å²) in [6.45, 7) is 3.72. The highest BCUT2D eigenvalue weighted by atomic mass is 16.5. The molecule has 0 radical (unpaired) electrons. The summed E-state index contributed by atoms with van der Waals surface area (Å²) in [4.78, 5) is 24.2. The predicted octanol–water partition coefficient (Wildman–Crippen LogP) is 1.23. The lowest BCUT2D eigenvalue weighted by atomic mass is 10.1. The molecule has 0 aliphatic rings. The summed E-state index contributed by atoms with van der Waals surface area (Å²) >= 11 is 0. The van der Waals surface area contributed by atoms with E-state index in [2.05, 4.69) is 4.74 Å². The molecule has 5 heteroatoms. The fourth-order valence-electron chi connectivity index (χ4n) is 1.45. The summed E-state index contributed by atoms with van der Waals surface area (Å²) in [7, 11) is 1.53. The van der Waals surface area contributed by atoms with Gasteiger partial charge in [0.1, 0.15) is 0 Å². The molecule has 0 fully saturated rings. The van der Waals surface area contributed by atoms with Crippen molar-refractivity contribution < 1.29 is 14.3 Å². The van der Waals surface area contributed by atoms with Gasteiger partial charge in [-0.3, -0.25) is 4.79 Å². The zero-order valence-corrected chi connectivity index (χ0v) is 10.8. The highest BCUT2D eigenvalue weighted by Crippen LogP contribution is 2.17. The van der Waals surface area contributed by atoms with E-state index in [1.807, 2.05) is 19.1 Å². The molecule has 0 spiro atoms. The van der Waals surface area contributed by atoms with Gasteiger partial charge in [0, 0.05) is 18.8 Å². The Kier molecular flexibility index (Phi) is 4.85. The van der Waals surface area contributed by atoms with Crippen LogP contribution in [-0.4, -0.2) is 25.5 Å². The number of hydrogen-bond acceptors (Lipinski definition) is 4. The van der Waals surface area contributed by atoms with E-state index in [9.17, 15) is 9.59 Å². The Morgan fingerprint density at radius 2 is 1.89 bits per heavy atom. The molecule has 0 aliphatic heterocycles. The molecule has 2 N–H and O–H groups in total. The van der Waals surface area contributed by atoms with Crippen molar-refractivity contribution in [3.8, 4) is 0 Å². The monoisotopic (exact) mass is 250 g/mol. The standard InChI is InChI=1S/C13H18N2O3/c1-4-18-13(17)12(16)15(3)11-7-5-10(6-8-11)9(2)14/h5-9H,4,14H2,1-3H3/t9-/m1/s1. The van der Waals surface area contributed by atoms with Crippen LogP contribution in [0.1, 0.15) is 25.5 Å². The molecule has 0 saturated carbocycles. The van der Waals surface area contributed by atoms with Crippen LogP contribution in [0.15, 0.2) is 24.3 Å². The number of nitrogens with two attached hydrogens (primary N) is 1. The second kappa shape index (κ2) is 6.16. The minimum atomic E-state index is -0.851. The van der Waals surface area contributed by atoms with Gasteiger partial charge in [-0.2, -0.15) is 0 Å². The molecule has 1 amide bonds. The van der Waals surface area contributed by atoms with Crippen molar-refractivity contribution in [2.45, 2.75) is 19.9 Å². The zero-order valence-electron chi connectivity index (χ0n) is 10.8. The second-order valence-electron chi connectivity index (χ2n) is 3.96. The molecule has 0 aliphatic carbocycles. The van der Waals surface area contributed by atoms with Crippen molar-refractivity contribution >= 4 is 17.6 Å². The number of anilines is 1. The second-order valence-corrected chi connectivity index (χ2v) is 3.96. The topological polar surface area (TPSA) is 72.6 Å². The number of ether oxygens (including phenoxy) is 1. The van der Waals surface area contributed by atoms with Crippen molar-refractivity contribution in [2.75, 3.05) is 18.6 Å². The van der Waals surface area contributed by atoms with E-state index in [0.29, 0.717) is 5.69 Å². The van der Waals surface area contributed by atoms with Crippen LogP contribution in [0.3, 0.4) is 0 Å². The summed E-state index contributed by atoms with van der Waals surface area (Å²) in [5.74, 6) is -1.54. The molecule has 1 aromatic rings. The molecule has 5 nitrogen and oxygen atoms in total. The van der Waals surface area contributed by atoms with Gasteiger partial charge in [-0.15, -0.1) is 0 Å². The number of likely N-dealkylation sites (N-methyl/N-ethyl adjacent to an activating group) is 1. The number of benzene rings is 1. The summed E-state index contributed by atoms with van der Waals surface area (Å²) in [6.07, 6.45) is 0. The lowest BCUT2D eigenvalue weighted by Gasteiger charge is -2.17. The van der Waals surface area contributed by atoms with Crippen molar-refractivity contribution in [1.29, 1.82) is 0 Å². The van der Waals surface area contributed by atoms with Gasteiger partial charge in [0.15, 0.2) is 0 Å². The minimum absolute atomic E-state index is 0.0647. The molecular formula is C13H18N2O3. The Hall–Kier alpha value is -1.88. The predicted molar refractivity (Wildman–Crippen MR) is 69.1 cm³/mol. The first-order valence-corrected chi connectivity index (χ1v) is 5.77. The van der Waals surface area contributed by atoms with Crippen LogP contribution in [0.25, 0.3) is 0 Å². The van der Waals surface area contributed by atoms with Gasteiger partial charge in [-0.05, 0) is 31.5 Å². The summed E-state index contributed by atoms with van der Waals surface area (Å²) in [5, 5.41) is 0. The maximum atomic E-state index is 11.7. The maximum Gasteiger partial charge on any atom is 0.397 e. The Bertz CT molecular complexity index is 426. The molecule has 98 valence electrons. The maximum absolute atomic E-state index is 11.7. The summed E-state index contributed by atoms with van der Waals surface area (Å²) in [6, 6.07) is 7.08. The number of rotatable bonds is 3. The number of carbonyl (C=O) groups excluding carboxylic acids is 2. The van der Waals surface area contributed by atoms with Gasteiger partial charge in [-0.25, -0.2) is 4.79 Å². The molecule has 0 heterocycles. The lowest BCUT2D eigenvalue weighted by Crippen LogP contribution is -2.34. The third-order valence-corrected chi connectivity index (χ3v) is 2.56. The van der Waals surface area contributed by atoms with Gasteiger partial charge in [-0.1, -0.05) is 12.1 Å². The third kappa shape index (κ3) is 3.30. The largest absolute Gasteiger partial charge is 0.459 e. The van der Waals surface area contributed by atoms with Gasteiger partial charge in [0.05, 0.1) is 6.61 Å². The van der Waals surface area contributed by atoms with Crippen LogP contribution in [0.5, 0.6) is 0 Å². The van der Waals surface area contributed by atoms with Crippen LogP contribution >= 0.6 is 0 Å². The van der Waals surface area contributed by atoms with E-state index in [1.165, 1.54) is 11.9 Å². The molecule has 0 bridgehead atoms. The SMILES string of the molecule is CCOC(=O)C(=O)N(C)c1ccc([C@@H](C)N)cc1. The van der Waals surface area contributed by atoms with Crippen molar-refractivity contribution in [1.82, 2.24) is 0 Å². The molecule has 1 aromatic carbocycles. The van der Waals surface area contributed by atoms with Gasteiger partial charge < -0.3 is 15.4 Å². The minimum Gasteiger partial charge on any atom is -0.459 e. The summed E-state index contributed by atoms with van der Waals surface area (Å²) < 4.78 is 4.66. The molecule has 1 atom stereocenters. The van der Waals surface area contributed by atoms with Crippen LogP contribution < -0.4 is 10.6 Å². The zero-order chi connectivity index (χ0) is 13.7. The Morgan fingerprint density at radius 1 is 1.33 bits per heavy atom. The molecule has 0 aromatic heterocycles. The van der Waals surface area contributed by atoms with Crippen LogP contribution in [0.2, 0.25) is 0 Å². The van der Waals surface area contributed by atoms with Gasteiger partial charge in [0.2, 0.25) is 0 Å². The van der Waals surface area contributed by atoms with Crippen molar-refractivity contribution in [3.05, 3.63) is 29.8 Å². The molecule has 18 heavy (non-hydrogen) atoms. The van der Waals surface area contributed by atoms with Crippen LogP contribution in [0, 0.1) is 0 Å². The highest BCUT2D eigenvalue weighted by molar-refractivity contribution is 6.37. The van der Waals surface area contributed by atoms with E-state index < -0.39 is 11.9 Å². The number of nitrogens with zero attached hydrogens (tertiary/aromatic N) is 1. The molecule has 1 rings (SSSR count). The van der Waals surface area contributed by atoms with E-state index >= 15 is 0 Å². The van der Waals surface area contributed by atoms with Crippen molar-refractivity contribution in [2.24, 2.45) is 5.73 Å². The Morgan fingerprint density at radius 3 is 2.33 bits per heavy atom. The first-order chi connectivity index (χ1) is 8.47. The van der Waals surface area contributed by atoms with E-state index in [4.69, 9.17) is 5.73 Å². The third-order valence-electron chi connectivity index (χ3n) is 2.56. The number of hydrogen-bond donors (Lipinski definition) is 1. The van der Waals surface area contributed by atoms with Gasteiger partial charge in [0.25, 0.3) is 0 Å². The van der Waals surface area contributed by atoms with Crippen molar-refractivity contribution in [3.63, 3.8) is 0 Å². The quantitative estimate of drug-likeness (QED) is 0.647. The Balaban J connectivity index is 2.80. The van der Waals surface area contributed by atoms with E-state index in [1.54, 1.807) is 19.1 Å². The molecule has 0 unspecified atom stereocenters. The number of esters is 1. The Labute approximate surface area is 107 Å². The molecular weight excluding hydrogens is 232 g/mol. The van der Waals surface area contributed by atoms with Gasteiger partial charge >= 0.3 is 11.9 Å². The number of amides is 1. The average Bonchev–Trinajstić information content (AvgIpc) is 2.37. The number of carbonyl (C=O) groups is 2. The van der Waals surface area contributed by atoms with E-state index in [-0.39, 0.29) is 12.6 Å². The smallest absolute Gasteiger partial charge is 0.397 e. The van der Waals surface area contributed by atoms with E-state index in [0.717, 1.165) is 5.56 Å². The fraction of sp³-hybridized carbons (Fsp3) is 0.385. The summed E-state index contributed by atoms with van der Waals surface area (Å²) in [5.41, 5.74) is 7.32. The average molecular weight is 250 g/mol. The first-order valence-electron chi connectivity index (χ1n) is 5.77. The highest BCUT2D eigenvalue weighted by Gasteiger charge is 2.21. The van der Waals surface area contributed by atoms with Crippen LogP contribution in [-0.2, 0) is 14.3 Å². The lowest BCUT2D eigenvalue weighted by molar-refractivity contribution is -0.153. The first kappa shape index (κ1) is 14.2. The molecule has 0 saturated heterocycles. The van der Waals surface area contributed by atoms with Crippen LogP contribution in [0.4, 0.5) is 5.69 Å².